The minimum atomic E-state index is -4.43. The zero-order chi connectivity index (χ0) is 11.5. The van der Waals surface area contributed by atoms with Crippen LogP contribution in [0.4, 0.5) is 13.2 Å². The summed E-state index contributed by atoms with van der Waals surface area (Å²) in [6, 6.07) is 1.83. The smallest absolute Gasteiger partial charge is 0.346 e. The van der Waals surface area contributed by atoms with Crippen LogP contribution in [0.1, 0.15) is 25.7 Å². The van der Waals surface area contributed by atoms with Gasteiger partial charge >= 0.3 is 6.18 Å². The minimum Gasteiger partial charge on any atom is -0.346 e. The molecule has 1 rings (SSSR count). The fourth-order valence-corrected chi connectivity index (χ4v) is 1.72. The van der Waals surface area contributed by atoms with Gasteiger partial charge in [-0.1, -0.05) is 12.8 Å². The number of rotatable bonds is 2. The Balaban J connectivity index is 2.56. The molecular weight excluding hydrogens is 209 g/mol. The topological polar surface area (TPSA) is 52.9 Å². The summed E-state index contributed by atoms with van der Waals surface area (Å²) in [5.41, 5.74) is -1.23. The number of alkyl halides is 3. The van der Waals surface area contributed by atoms with E-state index in [1.54, 1.807) is 5.32 Å². The first kappa shape index (κ1) is 11.8. The van der Waals surface area contributed by atoms with Gasteiger partial charge in [-0.15, -0.1) is 0 Å². The highest BCUT2D eigenvalue weighted by Crippen LogP contribution is 2.37. The molecule has 0 aromatic rings. The Morgan fingerprint density at radius 2 is 1.93 bits per heavy atom. The van der Waals surface area contributed by atoms with Crippen molar-refractivity contribution in [2.75, 3.05) is 6.54 Å². The molecule has 15 heavy (non-hydrogen) atoms. The third-order valence-electron chi connectivity index (χ3n) is 2.56. The largest absolute Gasteiger partial charge is 0.405 e. The molecule has 6 heteroatoms. The number of amides is 1. The Hall–Kier alpha value is -1.25. The molecule has 1 fully saturated rings. The van der Waals surface area contributed by atoms with Crippen molar-refractivity contribution in [3.63, 3.8) is 0 Å². The number of nitriles is 1. The van der Waals surface area contributed by atoms with E-state index in [4.69, 9.17) is 5.26 Å². The summed E-state index contributed by atoms with van der Waals surface area (Å²) in [7, 11) is 0. The van der Waals surface area contributed by atoms with Crippen molar-refractivity contribution < 1.29 is 18.0 Å². The van der Waals surface area contributed by atoms with Crippen molar-refractivity contribution in [2.24, 2.45) is 5.41 Å². The number of halogens is 3. The number of nitrogens with one attached hydrogen (secondary N) is 1. The number of hydrogen-bond donors (Lipinski definition) is 1. The molecule has 1 aliphatic carbocycles. The zero-order valence-corrected chi connectivity index (χ0v) is 8.02. The van der Waals surface area contributed by atoms with Gasteiger partial charge in [-0.3, -0.25) is 4.79 Å². The third-order valence-corrected chi connectivity index (χ3v) is 2.56. The van der Waals surface area contributed by atoms with Gasteiger partial charge in [0.15, 0.2) is 0 Å². The molecule has 0 unspecified atom stereocenters. The van der Waals surface area contributed by atoms with Crippen LogP contribution in [0.5, 0.6) is 0 Å². The van der Waals surface area contributed by atoms with E-state index < -0.39 is 24.0 Å². The summed E-state index contributed by atoms with van der Waals surface area (Å²) in [5.74, 6) is -0.792. The maximum atomic E-state index is 11.8. The average molecular weight is 220 g/mol. The summed E-state index contributed by atoms with van der Waals surface area (Å²) >= 11 is 0. The minimum absolute atomic E-state index is 0.354. The summed E-state index contributed by atoms with van der Waals surface area (Å²) < 4.78 is 35.5. The normalized spacial score (nSPS) is 19.6. The van der Waals surface area contributed by atoms with Gasteiger partial charge in [-0.2, -0.15) is 18.4 Å². The lowest BCUT2D eigenvalue weighted by atomic mass is 9.87. The van der Waals surface area contributed by atoms with E-state index in [0.29, 0.717) is 25.7 Å². The van der Waals surface area contributed by atoms with E-state index in [9.17, 15) is 18.0 Å². The Bertz CT molecular complexity index is 287. The Morgan fingerprint density at radius 3 is 2.33 bits per heavy atom. The van der Waals surface area contributed by atoms with Gasteiger partial charge in [0, 0.05) is 0 Å². The fourth-order valence-electron chi connectivity index (χ4n) is 1.72. The standard InChI is InChI=1S/C9H11F3N2O/c10-9(11,12)6-14-7(15)8(5-13)3-1-2-4-8/h1-4,6H2,(H,14,15). The summed E-state index contributed by atoms with van der Waals surface area (Å²) in [4.78, 5) is 11.4. The molecule has 0 radical (unpaired) electrons. The van der Waals surface area contributed by atoms with Crippen molar-refractivity contribution in [1.29, 1.82) is 5.26 Å². The van der Waals surface area contributed by atoms with Gasteiger partial charge in [-0.05, 0) is 12.8 Å². The summed E-state index contributed by atoms with van der Waals surface area (Å²) in [6.07, 6.45) is -2.29. The van der Waals surface area contributed by atoms with Gasteiger partial charge in [-0.25, -0.2) is 0 Å². The maximum Gasteiger partial charge on any atom is 0.405 e. The van der Waals surface area contributed by atoms with Gasteiger partial charge in [0.2, 0.25) is 5.91 Å². The molecule has 0 atom stereocenters. The predicted octanol–water partition coefficient (Wildman–Crippen LogP) is 1.75. The van der Waals surface area contributed by atoms with Gasteiger partial charge in [0.1, 0.15) is 12.0 Å². The van der Waals surface area contributed by atoms with Crippen LogP contribution in [0, 0.1) is 16.7 Å². The molecule has 0 saturated heterocycles. The quantitative estimate of drug-likeness (QED) is 0.770. The highest BCUT2D eigenvalue weighted by molar-refractivity contribution is 5.85. The molecule has 0 aliphatic heterocycles. The van der Waals surface area contributed by atoms with E-state index in [2.05, 4.69) is 0 Å². The molecule has 0 spiro atoms. The molecule has 0 heterocycles. The molecule has 0 aromatic heterocycles. The van der Waals surface area contributed by atoms with E-state index in [-0.39, 0.29) is 0 Å². The molecular formula is C9H11F3N2O. The van der Waals surface area contributed by atoms with Crippen LogP contribution in [0.25, 0.3) is 0 Å². The lowest BCUT2D eigenvalue weighted by Gasteiger charge is -2.19. The van der Waals surface area contributed by atoms with E-state index in [1.807, 2.05) is 6.07 Å². The molecule has 1 amide bonds. The van der Waals surface area contributed by atoms with Crippen molar-refractivity contribution >= 4 is 5.91 Å². The van der Waals surface area contributed by atoms with E-state index in [1.165, 1.54) is 0 Å². The predicted molar refractivity (Wildman–Crippen MR) is 45.6 cm³/mol. The highest BCUT2D eigenvalue weighted by Gasteiger charge is 2.42. The molecule has 0 aromatic carbocycles. The summed E-state index contributed by atoms with van der Waals surface area (Å²) in [6.45, 7) is -1.37. The SMILES string of the molecule is N#CC1(C(=O)NCC(F)(F)F)CCCC1. The molecule has 1 aliphatic rings. The third kappa shape index (κ3) is 2.85. The van der Waals surface area contributed by atoms with Gasteiger partial charge in [0.25, 0.3) is 0 Å². The first-order valence-corrected chi connectivity index (χ1v) is 4.66. The van der Waals surface area contributed by atoms with Crippen LogP contribution in [0.2, 0.25) is 0 Å². The lowest BCUT2D eigenvalue weighted by molar-refractivity contribution is -0.142. The van der Waals surface area contributed by atoms with E-state index in [0.717, 1.165) is 0 Å². The number of carbonyl (C=O) groups is 1. The summed E-state index contributed by atoms with van der Waals surface area (Å²) in [5, 5.41) is 10.6. The molecule has 0 bridgehead atoms. The van der Waals surface area contributed by atoms with Crippen LogP contribution in [0.3, 0.4) is 0 Å². The van der Waals surface area contributed by atoms with Crippen LogP contribution in [0.15, 0.2) is 0 Å². The van der Waals surface area contributed by atoms with E-state index >= 15 is 0 Å². The number of nitrogens with zero attached hydrogens (tertiary/aromatic N) is 1. The Labute approximate surface area is 85.3 Å². The average Bonchev–Trinajstić information content (AvgIpc) is 2.62. The number of hydrogen-bond acceptors (Lipinski definition) is 2. The van der Waals surface area contributed by atoms with Crippen LogP contribution < -0.4 is 5.32 Å². The first-order valence-electron chi connectivity index (χ1n) is 4.66. The van der Waals surface area contributed by atoms with Crippen LogP contribution in [-0.4, -0.2) is 18.6 Å². The van der Waals surface area contributed by atoms with Gasteiger partial charge in [0.05, 0.1) is 6.07 Å². The van der Waals surface area contributed by atoms with Gasteiger partial charge < -0.3 is 5.32 Å². The lowest BCUT2D eigenvalue weighted by Crippen LogP contribution is -2.42. The molecule has 3 nitrogen and oxygen atoms in total. The highest BCUT2D eigenvalue weighted by atomic mass is 19.4. The first-order chi connectivity index (χ1) is 6.90. The van der Waals surface area contributed by atoms with Crippen molar-refractivity contribution in [2.45, 2.75) is 31.9 Å². The van der Waals surface area contributed by atoms with Crippen LogP contribution >= 0.6 is 0 Å². The van der Waals surface area contributed by atoms with Crippen molar-refractivity contribution in [3.05, 3.63) is 0 Å². The second-order valence-corrected chi connectivity index (χ2v) is 3.70. The van der Waals surface area contributed by atoms with Crippen LogP contribution in [-0.2, 0) is 4.79 Å². The second kappa shape index (κ2) is 4.09. The fraction of sp³-hybridized carbons (Fsp3) is 0.778. The van der Waals surface area contributed by atoms with Crippen molar-refractivity contribution in [3.8, 4) is 6.07 Å². The molecule has 1 saturated carbocycles. The van der Waals surface area contributed by atoms with Crippen molar-refractivity contribution in [1.82, 2.24) is 5.32 Å². The maximum absolute atomic E-state index is 11.8. The Kier molecular flexibility index (Phi) is 3.22. The molecule has 1 N–H and O–H groups in total. The zero-order valence-electron chi connectivity index (χ0n) is 8.02. The monoisotopic (exact) mass is 220 g/mol. The second-order valence-electron chi connectivity index (χ2n) is 3.70. The Morgan fingerprint density at radius 1 is 1.40 bits per heavy atom. The molecule has 84 valence electrons. The number of carbonyl (C=O) groups excluding carboxylic acids is 1.